The maximum atomic E-state index is 6.20. The maximum Gasteiger partial charge on any atom is 0.137 e. The monoisotopic (exact) mass is 326 g/mol. The van der Waals surface area contributed by atoms with Gasteiger partial charge in [0.05, 0.1) is 24.4 Å². The van der Waals surface area contributed by atoms with Gasteiger partial charge in [-0.15, -0.1) is 0 Å². The van der Waals surface area contributed by atoms with Crippen LogP contribution in [-0.4, -0.2) is 12.1 Å². The first-order chi connectivity index (χ1) is 8.61. The Morgan fingerprint density at radius 3 is 2.72 bits per heavy atom. The van der Waals surface area contributed by atoms with Crippen molar-refractivity contribution in [2.45, 2.75) is 6.04 Å². The average Bonchev–Trinajstić information content (AvgIpc) is 2.41. The molecule has 0 saturated heterocycles. The minimum absolute atomic E-state index is 0.263. The molecule has 94 valence electrons. The molecule has 0 saturated carbocycles. The molecule has 0 aliphatic carbocycles. The second kappa shape index (κ2) is 5.69. The lowest BCUT2D eigenvalue weighted by molar-refractivity contribution is 0.412. The summed E-state index contributed by atoms with van der Waals surface area (Å²) >= 11 is 9.35. The van der Waals surface area contributed by atoms with Gasteiger partial charge in [-0.1, -0.05) is 17.7 Å². The number of hydrogen-bond acceptors (Lipinski definition) is 3. The fourth-order valence-corrected chi connectivity index (χ4v) is 2.13. The number of nitrogens with zero attached hydrogens (tertiary/aromatic N) is 1. The zero-order valence-corrected chi connectivity index (χ0v) is 12.1. The van der Waals surface area contributed by atoms with Crippen LogP contribution in [0.25, 0.3) is 0 Å². The van der Waals surface area contributed by atoms with Crippen LogP contribution in [-0.2, 0) is 0 Å². The minimum atomic E-state index is -0.263. The van der Waals surface area contributed by atoms with Gasteiger partial charge in [0.2, 0.25) is 0 Å². The molecule has 2 N–H and O–H groups in total. The smallest absolute Gasteiger partial charge is 0.137 e. The summed E-state index contributed by atoms with van der Waals surface area (Å²) < 4.78 is 5.96. The topological polar surface area (TPSA) is 48.1 Å². The van der Waals surface area contributed by atoms with E-state index in [0.717, 1.165) is 15.6 Å². The van der Waals surface area contributed by atoms with Crippen molar-refractivity contribution in [2.75, 3.05) is 7.11 Å². The number of nitrogens with two attached hydrogens (primary N) is 1. The highest BCUT2D eigenvalue weighted by atomic mass is 79.9. The predicted molar refractivity (Wildman–Crippen MR) is 76.0 cm³/mol. The Bertz CT molecular complexity index is 562. The highest BCUT2D eigenvalue weighted by molar-refractivity contribution is 9.10. The fourth-order valence-electron chi connectivity index (χ4n) is 1.62. The maximum absolute atomic E-state index is 6.20. The second-order valence-electron chi connectivity index (χ2n) is 3.81. The lowest BCUT2D eigenvalue weighted by Gasteiger charge is -2.13. The Morgan fingerprint density at radius 2 is 2.06 bits per heavy atom. The number of ether oxygens (including phenoxy) is 1. The number of halogens is 2. The zero-order chi connectivity index (χ0) is 13.1. The van der Waals surface area contributed by atoms with Crippen LogP contribution in [0.1, 0.15) is 17.2 Å². The van der Waals surface area contributed by atoms with Crippen LogP contribution in [0.2, 0.25) is 5.02 Å². The van der Waals surface area contributed by atoms with Crippen molar-refractivity contribution in [3.8, 4) is 5.75 Å². The van der Waals surface area contributed by atoms with Crippen molar-refractivity contribution >= 4 is 27.5 Å². The molecule has 1 unspecified atom stereocenters. The highest BCUT2D eigenvalue weighted by Crippen LogP contribution is 2.28. The molecule has 0 fully saturated rings. The first-order valence-corrected chi connectivity index (χ1v) is 6.48. The standard InChI is InChI=1S/C13H12BrClN2O/c1-18-10-4-9(6-17-7-10)13(16)8-2-3-12(15)11(14)5-8/h2-7,13H,16H2,1H3. The van der Waals surface area contributed by atoms with E-state index in [1.807, 2.05) is 24.3 Å². The summed E-state index contributed by atoms with van der Waals surface area (Å²) in [5.74, 6) is 0.691. The molecule has 5 heteroatoms. The van der Waals surface area contributed by atoms with Crippen molar-refractivity contribution in [3.63, 3.8) is 0 Å². The first-order valence-electron chi connectivity index (χ1n) is 5.31. The van der Waals surface area contributed by atoms with Crippen LogP contribution >= 0.6 is 27.5 Å². The van der Waals surface area contributed by atoms with Crippen molar-refractivity contribution in [3.05, 3.63) is 57.3 Å². The zero-order valence-electron chi connectivity index (χ0n) is 9.73. The van der Waals surface area contributed by atoms with Gasteiger partial charge in [0.15, 0.2) is 0 Å². The number of benzene rings is 1. The molecule has 0 aliphatic heterocycles. The summed E-state index contributed by atoms with van der Waals surface area (Å²) in [5.41, 5.74) is 8.05. The minimum Gasteiger partial charge on any atom is -0.495 e. The normalized spacial score (nSPS) is 12.2. The Kier molecular flexibility index (Phi) is 4.22. The second-order valence-corrected chi connectivity index (χ2v) is 5.07. The van der Waals surface area contributed by atoms with Gasteiger partial charge in [0.25, 0.3) is 0 Å². The molecule has 0 bridgehead atoms. The van der Waals surface area contributed by atoms with E-state index >= 15 is 0 Å². The van der Waals surface area contributed by atoms with Crippen molar-refractivity contribution in [1.29, 1.82) is 0 Å². The molecule has 1 aromatic carbocycles. The molecule has 0 spiro atoms. The van der Waals surface area contributed by atoms with Crippen LogP contribution < -0.4 is 10.5 Å². The summed E-state index contributed by atoms with van der Waals surface area (Å²) in [6.45, 7) is 0. The number of methoxy groups -OCH3 is 1. The molecule has 0 aliphatic rings. The first kappa shape index (κ1) is 13.3. The Balaban J connectivity index is 2.34. The molecule has 2 rings (SSSR count). The largest absolute Gasteiger partial charge is 0.495 e. The van der Waals surface area contributed by atoms with Gasteiger partial charge in [-0.2, -0.15) is 0 Å². The van der Waals surface area contributed by atoms with Crippen LogP contribution in [0.5, 0.6) is 5.75 Å². The molecular formula is C13H12BrClN2O. The molecular weight excluding hydrogens is 316 g/mol. The number of rotatable bonds is 3. The van der Waals surface area contributed by atoms with Gasteiger partial charge in [0, 0.05) is 10.7 Å². The molecule has 0 radical (unpaired) electrons. The summed E-state index contributed by atoms with van der Waals surface area (Å²) in [4.78, 5) is 4.10. The Labute approximate surface area is 119 Å². The van der Waals surface area contributed by atoms with E-state index in [1.54, 1.807) is 19.5 Å². The van der Waals surface area contributed by atoms with Crippen LogP contribution in [0.15, 0.2) is 41.1 Å². The van der Waals surface area contributed by atoms with Gasteiger partial charge >= 0.3 is 0 Å². The number of hydrogen-bond donors (Lipinski definition) is 1. The van der Waals surface area contributed by atoms with Gasteiger partial charge < -0.3 is 10.5 Å². The van der Waals surface area contributed by atoms with Crippen LogP contribution in [0.3, 0.4) is 0 Å². The van der Waals surface area contributed by atoms with E-state index in [9.17, 15) is 0 Å². The van der Waals surface area contributed by atoms with E-state index in [2.05, 4.69) is 20.9 Å². The Hall–Kier alpha value is -1.10. The van der Waals surface area contributed by atoms with Crippen LogP contribution in [0, 0.1) is 0 Å². The third-order valence-electron chi connectivity index (χ3n) is 2.63. The summed E-state index contributed by atoms with van der Waals surface area (Å²) in [7, 11) is 1.60. The SMILES string of the molecule is COc1cncc(C(N)c2ccc(Cl)c(Br)c2)c1. The van der Waals surface area contributed by atoms with Crippen molar-refractivity contribution in [1.82, 2.24) is 4.98 Å². The lowest BCUT2D eigenvalue weighted by atomic mass is 10.0. The molecule has 2 aromatic rings. The highest BCUT2D eigenvalue weighted by Gasteiger charge is 2.11. The summed E-state index contributed by atoms with van der Waals surface area (Å²) in [6.07, 6.45) is 3.38. The van der Waals surface area contributed by atoms with Gasteiger partial charge in [-0.25, -0.2) is 0 Å². The van der Waals surface area contributed by atoms with Crippen LogP contribution in [0.4, 0.5) is 0 Å². The van der Waals surface area contributed by atoms with Crippen molar-refractivity contribution < 1.29 is 4.74 Å². The molecule has 18 heavy (non-hydrogen) atoms. The molecule has 1 atom stereocenters. The average molecular weight is 328 g/mol. The summed E-state index contributed by atoms with van der Waals surface area (Å²) in [5, 5.41) is 0.662. The quantitative estimate of drug-likeness (QED) is 0.938. The molecule has 1 aromatic heterocycles. The number of pyridine rings is 1. The fraction of sp³-hybridized carbons (Fsp3) is 0.154. The van der Waals surface area contributed by atoms with Gasteiger partial charge in [-0.05, 0) is 45.3 Å². The van der Waals surface area contributed by atoms with Gasteiger partial charge in [0.1, 0.15) is 5.75 Å². The van der Waals surface area contributed by atoms with E-state index in [1.165, 1.54) is 0 Å². The summed E-state index contributed by atoms with van der Waals surface area (Å²) in [6, 6.07) is 7.24. The third-order valence-corrected chi connectivity index (χ3v) is 3.85. The molecule has 3 nitrogen and oxygen atoms in total. The third kappa shape index (κ3) is 2.83. The Morgan fingerprint density at radius 1 is 1.28 bits per heavy atom. The molecule has 1 heterocycles. The lowest BCUT2D eigenvalue weighted by Crippen LogP contribution is -2.12. The number of aromatic nitrogens is 1. The molecule has 0 amide bonds. The van der Waals surface area contributed by atoms with E-state index in [0.29, 0.717) is 10.8 Å². The van der Waals surface area contributed by atoms with Gasteiger partial charge in [-0.3, -0.25) is 4.98 Å². The van der Waals surface area contributed by atoms with Crippen molar-refractivity contribution in [2.24, 2.45) is 5.73 Å². The predicted octanol–water partition coefficient (Wildman–Crippen LogP) is 3.55. The van der Waals surface area contributed by atoms with E-state index < -0.39 is 0 Å². The van der Waals surface area contributed by atoms with E-state index in [4.69, 9.17) is 22.1 Å². The van der Waals surface area contributed by atoms with E-state index in [-0.39, 0.29) is 6.04 Å².